The van der Waals surface area contributed by atoms with Crippen LogP contribution in [0.3, 0.4) is 0 Å². The van der Waals surface area contributed by atoms with Crippen molar-refractivity contribution in [3.63, 3.8) is 0 Å². The van der Waals surface area contributed by atoms with E-state index >= 15 is 0 Å². The average Bonchev–Trinajstić information content (AvgIpc) is 3.45. The zero-order valence-electron chi connectivity index (χ0n) is 21.8. The van der Waals surface area contributed by atoms with Gasteiger partial charge in [0.05, 0.1) is 18.6 Å². The van der Waals surface area contributed by atoms with Gasteiger partial charge in [-0.05, 0) is 71.4 Å². The van der Waals surface area contributed by atoms with Gasteiger partial charge in [0.2, 0.25) is 11.1 Å². The Kier molecular flexibility index (Phi) is 8.07. The smallest absolute Gasteiger partial charge is 0.254 e. The van der Waals surface area contributed by atoms with Crippen LogP contribution in [0.2, 0.25) is 0 Å². The minimum absolute atomic E-state index is 0.0115. The highest BCUT2D eigenvalue weighted by atomic mass is 32.2. The molecule has 0 radical (unpaired) electrons. The number of para-hydroxylation sites is 1. The monoisotopic (exact) mass is 543 g/mol. The first-order chi connectivity index (χ1) is 19.0. The van der Waals surface area contributed by atoms with Crippen molar-refractivity contribution >= 4 is 35.0 Å². The van der Waals surface area contributed by atoms with Crippen molar-refractivity contribution in [2.45, 2.75) is 12.1 Å². The number of piperazine rings is 1. The number of aromatic nitrogens is 4. The summed E-state index contributed by atoms with van der Waals surface area (Å²) >= 11 is 1.28. The molecule has 0 spiro atoms. The predicted molar refractivity (Wildman–Crippen MR) is 151 cm³/mol. The number of hydrogen-bond donors (Lipinski definition) is 1. The Balaban J connectivity index is 1.11. The predicted octanol–water partition coefficient (Wildman–Crippen LogP) is 3.67. The summed E-state index contributed by atoms with van der Waals surface area (Å²) in [5.74, 6) is 0.721. The molecular formula is C28H29N7O3S. The molecule has 1 fully saturated rings. The maximum Gasteiger partial charge on any atom is 0.254 e. The van der Waals surface area contributed by atoms with Gasteiger partial charge in [-0.25, -0.2) is 0 Å². The largest absolute Gasteiger partial charge is 0.497 e. The summed E-state index contributed by atoms with van der Waals surface area (Å²) < 4.78 is 6.89. The van der Waals surface area contributed by atoms with Crippen LogP contribution in [0, 0.1) is 6.92 Å². The van der Waals surface area contributed by atoms with Crippen molar-refractivity contribution in [1.29, 1.82) is 0 Å². The van der Waals surface area contributed by atoms with Gasteiger partial charge < -0.3 is 19.9 Å². The molecule has 39 heavy (non-hydrogen) atoms. The first kappa shape index (κ1) is 26.2. The Bertz CT molecular complexity index is 1450. The van der Waals surface area contributed by atoms with Crippen LogP contribution in [0.4, 0.5) is 11.4 Å². The average molecular weight is 544 g/mol. The van der Waals surface area contributed by atoms with Gasteiger partial charge in [0, 0.05) is 43.1 Å². The normalized spacial score (nSPS) is 13.3. The molecule has 1 saturated heterocycles. The van der Waals surface area contributed by atoms with E-state index in [-0.39, 0.29) is 17.6 Å². The first-order valence-electron chi connectivity index (χ1n) is 12.6. The Labute approximate surface area is 230 Å². The lowest BCUT2D eigenvalue weighted by Gasteiger charge is -2.36. The van der Waals surface area contributed by atoms with Crippen molar-refractivity contribution in [2.75, 3.05) is 49.3 Å². The summed E-state index contributed by atoms with van der Waals surface area (Å²) in [7, 11) is 1.59. The molecule has 1 aromatic heterocycles. The SMILES string of the molecule is COc1cccc(C(=O)N2CCN(c3ccc(NC(=O)CSc4nnnn4-c4ccccc4C)cc3)CC2)c1. The lowest BCUT2D eigenvalue weighted by atomic mass is 10.1. The highest BCUT2D eigenvalue weighted by molar-refractivity contribution is 7.99. The number of rotatable bonds is 8. The minimum atomic E-state index is -0.142. The topological polar surface area (TPSA) is 105 Å². The van der Waals surface area contributed by atoms with Gasteiger partial charge >= 0.3 is 0 Å². The van der Waals surface area contributed by atoms with Crippen molar-refractivity contribution < 1.29 is 14.3 Å². The van der Waals surface area contributed by atoms with Gasteiger partial charge in [-0.2, -0.15) is 4.68 Å². The number of tetrazole rings is 1. The summed E-state index contributed by atoms with van der Waals surface area (Å²) in [6, 6.07) is 22.8. The van der Waals surface area contributed by atoms with Gasteiger partial charge in [0.15, 0.2) is 0 Å². The Hall–Kier alpha value is -4.38. The molecule has 1 aliphatic heterocycles. The molecule has 2 heterocycles. The van der Waals surface area contributed by atoms with E-state index in [4.69, 9.17) is 4.74 Å². The van der Waals surface area contributed by atoms with E-state index in [0.29, 0.717) is 29.6 Å². The van der Waals surface area contributed by atoms with Crippen LogP contribution in [0.1, 0.15) is 15.9 Å². The number of ether oxygens (including phenoxy) is 1. The maximum absolute atomic E-state index is 12.9. The number of carbonyl (C=O) groups excluding carboxylic acids is 2. The fourth-order valence-electron chi connectivity index (χ4n) is 4.41. The number of thioether (sulfide) groups is 1. The van der Waals surface area contributed by atoms with E-state index in [2.05, 4.69) is 25.7 Å². The number of amides is 2. The molecule has 0 saturated carbocycles. The van der Waals surface area contributed by atoms with E-state index in [1.807, 2.05) is 78.6 Å². The summed E-state index contributed by atoms with van der Waals surface area (Å²) in [5.41, 5.74) is 4.32. The zero-order valence-corrected chi connectivity index (χ0v) is 22.6. The molecule has 1 N–H and O–H groups in total. The third-order valence-corrected chi connectivity index (χ3v) is 7.44. The number of carbonyl (C=O) groups is 2. The van der Waals surface area contributed by atoms with Gasteiger partial charge in [-0.3, -0.25) is 9.59 Å². The number of hydrogen-bond acceptors (Lipinski definition) is 8. The Morgan fingerprint density at radius 3 is 2.49 bits per heavy atom. The van der Waals surface area contributed by atoms with Gasteiger partial charge in [0.1, 0.15) is 5.75 Å². The molecule has 1 aliphatic rings. The molecule has 5 rings (SSSR count). The maximum atomic E-state index is 12.9. The van der Waals surface area contributed by atoms with Crippen LogP contribution < -0.4 is 15.0 Å². The quantitative estimate of drug-likeness (QED) is 0.336. The molecule has 0 unspecified atom stereocenters. The number of anilines is 2. The zero-order chi connectivity index (χ0) is 27.2. The second-order valence-electron chi connectivity index (χ2n) is 9.05. The van der Waals surface area contributed by atoms with Crippen molar-refractivity contribution in [1.82, 2.24) is 25.1 Å². The molecule has 2 amide bonds. The summed E-state index contributed by atoms with van der Waals surface area (Å²) in [6.07, 6.45) is 0. The summed E-state index contributed by atoms with van der Waals surface area (Å²) in [4.78, 5) is 29.6. The van der Waals surface area contributed by atoms with Crippen LogP contribution in [0.15, 0.2) is 78.0 Å². The first-order valence-corrected chi connectivity index (χ1v) is 13.6. The molecule has 0 aliphatic carbocycles. The number of nitrogens with one attached hydrogen (secondary N) is 1. The second-order valence-corrected chi connectivity index (χ2v) is 10.00. The summed E-state index contributed by atoms with van der Waals surface area (Å²) in [5, 5.41) is 15.4. The van der Waals surface area contributed by atoms with E-state index < -0.39 is 0 Å². The molecule has 200 valence electrons. The third-order valence-electron chi connectivity index (χ3n) is 6.52. The van der Waals surface area contributed by atoms with Crippen molar-refractivity contribution in [2.24, 2.45) is 0 Å². The van der Waals surface area contributed by atoms with Crippen LogP contribution in [-0.4, -0.2) is 76.0 Å². The highest BCUT2D eigenvalue weighted by Gasteiger charge is 2.23. The number of nitrogens with zero attached hydrogens (tertiary/aromatic N) is 6. The Morgan fingerprint density at radius 2 is 1.74 bits per heavy atom. The van der Waals surface area contributed by atoms with Crippen LogP contribution in [0.5, 0.6) is 5.75 Å². The molecule has 3 aromatic carbocycles. The second kappa shape index (κ2) is 12.0. The van der Waals surface area contributed by atoms with Crippen LogP contribution in [-0.2, 0) is 4.79 Å². The van der Waals surface area contributed by atoms with Crippen LogP contribution >= 0.6 is 11.8 Å². The van der Waals surface area contributed by atoms with Crippen molar-refractivity contribution in [3.8, 4) is 11.4 Å². The minimum Gasteiger partial charge on any atom is -0.497 e. The standard InChI is InChI=1S/C28H29N7O3S/c1-20-6-3-4-9-25(20)35-28(30-31-32-35)39-19-26(36)29-22-10-12-23(13-11-22)33-14-16-34(17-15-33)27(37)21-7-5-8-24(18-21)38-2/h3-13,18H,14-17,19H2,1-2H3,(H,29,36). The van der Waals surface area contributed by atoms with E-state index in [9.17, 15) is 9.59 Å². The van der Waals surface area contributed by atoms with Gasteiger partial charge in [-0.1, -0.05) is 36.0 Å². The number of methoxy groups -OCH3 is 1. The van der Waals surface area contributed by atoms with E-state index in [1.54, 1.807) is 17.9 Å². The summed E-state index contributed by atoms with van der Waals surface area (Å²) in [6.45, 7) is 4.71. The number of benzene rings is 3. The Morgan fingerprint density at radius 1 is 0.974 bits per heavy atom. The molecule has 11 heteroatoms. The fourth-order valence-corrected chi connectivity index (χ4v) is 5.09. The van der Waals surface area contributed by atoms with Gasteiger partial charge in [-0.15, -0.1) is 5.10 Å². The van der Waals surface area contributed by atoms with Crippen molar-refractivity contribution in [3.05, 3.63) is 83.9 Å². The molecular weight excluding hydrogens is 514 g/mol. The number of aryl methyl sites for hydroxylation is 1. The lowest BCUT2D eigenvalue weighted by Crippen LogP contribution is -2.48. The van der Waals surface area contributed by atoms with Crippen LogP contribution in [0.25, 0.3) is 5.69 Å². The molecule has 0 bridgehead atoms. The molecule has 0 atom stereocenters. The third kappa shape index (κ3) is 6.20. The van der Waals surface area contributed by atoms with Gasteiger partial charge in [0.25, 0.3) is 5.91 Å². The molecule has 4 aromatic rings. The van der Waals surface area contributed by atoms with E-state index in [0.717, 1.165) is 35.7 Å². The molecule has 10 nitrogen and oxygen atoms in total. The van der Waals surface area contributed by atoms with E-state index in [1.165, 1.54) is 11.8 Å². The highest BCUT2D eigenvalue weighted by Crippen LogP contribution is 2.23. The lowest BCUT2D eigenvalue weighted by molar-refractivity contribution is -0.113. The fraction of sp³-hybridized carbons (Fsp3) is 0.250.